The lowest BCUT2D eigenvalue weighted by Gasteiger charge is -2.34. The summed E-state index contributed by atoms with van der Waals surface area (Å²) in [6.07, 6.45) is 6.44. The van der Waals surface area contributed by atoms with E-state index in [-0.39, 0.29) is 12.5 Å². The Morgan fingerprint density at radius 1 is 0.925 bits per heavy atom. The smallest absolute Gasteiger partial charge is 0.408 e. The van der Waals surface area contributed by atoms with Crippen LogP contribution < -0.4 is 16.4 Å². The fourth-order valence-electron chi connectivity index (χ4n) is 4.37. The minimum Gasteiger partial charge on any atom is -0.444 e. The van der Waals surface area contributed by atoms with E-state index < -0.39 is 42.0 Å². The molecule has 0 spiro atoms. The van der Waals surface area contributed by atoms with Crippen LogP contribution >= 0.6 is 0 Å². The van der Waals surface area contributed by atoms with Crippen molar-refractivity contribution in [1.82, 2.24) is 15.5 Å². The Balaban J connectivity index is 3.47. The SMILES string of the molecule is CCCCCCCCN(C(=O)C(CC(N)=O)NC(=O)OC(C)(C)C)C(C(=O)NCCCC)c1ccc(C)c(C)c1. The van der Waals surface area contributed by atoms with Gasteiger partial charge in [0.15, 0.2) is 0 Å². The number of alkyl carbamates (subject to hydrolysis) is 1. The van der Waals surface area contributed by atoms with Crippen molar-refractivity contribution in [2.45, 2.75) is 124 Å². The van der Waals surface area contributed by atoms with E-state index in [4.69, 9.17) is 10.5 Å². The third-order valence-electron chi connectivity index (χ3n) is 6.67. The number of benzene rings is 1. The van der Waals surface area contributed by atoms with Gasteiger partial charge in [-0.25, -0.2) is 4.79 Å². The Morgan fingerprint density at radius 3 is 2.12 bits per heavy atom. The Kier molecular flexibility index (Phi) is 15.3. The molecule has 0 aliphatic carbocycles. The van der Waals surface area contributed by atoms with Gasteiger partial charge < -0.3 is 26.0 Å². The van der Waals surface area contributed by atoms with Crippen LogP contribution in [-0.4, -0.2) is 53.4 Å². The molecule has 0 saturated heterocycles. The fourth-order valence-corrected chi connectivity index (χ4v) is 4.37. The number of carbonyl (C=O) groups excluding carboxylic acids is 4. The van der Waals surface area contributed by atoms with E-state index in [2.05, 4.69) is 17.6 Å². The highest BCUT2D eigenvalue weighted by atomic mass is 16.6. The predicted molar refractivity (Wildman–Crippen MR) is 159 cm³/mol. The molecule has 0 aliphatic rings. The first-order chi connectivity index (χ1) is 18.8. The lowest BCUT2D eigenvalue weighted by molar-refractivity contribution is -0.143. The van der Waals surface area contributed by atoms with Gasteiger partial charge in [-0.05, 0) is 64.2 Å². The van der Waals surface area contributed by atoms with E-state index in [1.54, 1.807) is 20.8 Å². The Labute approximate surface area is 241 Å². The van der Waals surface area contributed by atoms with Gasteiger partial charge in [0.05, 0.1) is 6.42 Å². The average Bonchev–Trinajstić information content (AvgIpc) is 2.85. The van der Waals surface area contributed by atoms with Crippen LogP contribution in [0, 0.1) is 13.8 Å². The number of unbranched alkanes of at least 4 members (excludes halogenated alkanes) is 6. The van der Waals surface area contributed by atoms with Crippen LogP contribution in [0.1, 0.15) is 115 Å². The molecule has 0 heterocycles. The molecule has 0 aromatic heterocycles. The van der Waals surface area contributed by atoms with E-state index >= 15 is 0 Å². The molecule has 40 heavy (non-hydrogen) atoms. The summed E-state index contributed by atoms with van der Waals surface area (Å²) in [5.74, 6) is -1.60. The quantitative estimate of drug-likeness (QED) is 0.225. The zero-order valence-electron chi connectivity index (χ0n) is 25.7. The number of ether oxygens (including phenoxy) is 1. The highest BCUT2D eigenvalue weighted by Gasteiger charge is 2.36. The number of aryl methyl sites for hydroxylation is 2. The van der Waals surface area contributed by atoms with Crippen molar-refractivity contribution < 1.29 is 23.9 Å². The van der Waals surface area contributed by atoms with E-state index in [0.717, 1.165) is 56.1 Å². The van der Waals surface area contributed by atoms with Gasteiger partial charge in [-0.15, -0.1) is 0 Å². The maximum atomic E-state index is 14.1. The molecule has 1 aromatic rings. The first-order valence-corrected chi connectivity index (χ1v) is 14.7. The molecule has 2 atom stereocenters. The molecule has 9 nitrogen and oxygen atoms in total. The van der Waals surface area contributed by atoms with Crippen molar-refractivity contribution in [2.24, 2.45) is 5.73 Å². The van der Waals surface area contributed by atoms with Gasteiger partial charge in [-0.2, -0.15) is 0 Å². The average molecular weight is 561 g/mol. The first kappa shape index (κ1) is 34.9. The molecule has 1 rings (SSSR count). The molecule has 226 valence electrons. The monoisotopic (exact) mass is 560 g/mol. The normalized spacial score (nSPS) is 12.8. The summed E-state index contributed by atoms with van der Waals surface area (Å²) in [4.78, 5) is 53.9. The number of nitrogens with zero attached hydrogens (tertiary/aromatic N) is 1. The number of nitrogens with one attached hydrogen (secondary N) is 2. The maximum Gasteiger partial charge on any atom is 0.408 e. The zero-order chi connectivity index (χ0) is 30.3. The number of carbonyl (C=O) groups is 4. The Bertz CT molecular complexity index is 973. The van der Waals surface area contributed by atoms with Gasteiger partial charge in [-0.3, -0.25) is 14.4 Å². The van der Waals surface area contributed by atoms with Gasteiger partial charge in [0, 0.05) is 13.1 Å². The lowest BCUT2D eigenvalue weighted by Crippen LogP contribution is -2.54. The van der Waals surface area contributed by atoms with E-state index in [1.807, 2.05) is 39.0 Å². The Hall–Kier alpha value is -3.10. The van der Waals surface area contributed by atoms with E-state index in [1.165, 1.54) is 4.90 Å². The minimum absolute atomic E-state index is 0.287. The van der Waals surface area contributed by atoms with Gasteiger partial charge in [0.2, 0.25) is 17.7 Å². The van der Waals surface area contributed by atoms with Crippen LogP contribution in [0.5, 0.6) is 0 Å². The molecular weight excluding hydrogens is 508 g/mol. The summed E-state index contributed by atoms with van der Waals surface area (Å²) in [5, 5.41) is 5.52. The van der Waals surface area contributed by atoms with Crippen LogP contribution in [0.3, 0.4) is 0 Å². The summed E-state index contributed by atoms with van der Waals surface area (Å²) in [6, 6.07) is 3.51. The number of hydrogen-bond acceptors (Lipinski definition) is 5. The topological polar surface area (TPSA) is 131 Å². The van der Waals surface area contributed by atoms with Crippen LogP contribution in [0.25, 0.3) is 0 Å². The van der Waals surface area contributed by atoms with Gasteiger partial charge in [0.25, 0.3) is 0 Å². The van der Waals surface area contributed by atoms with Gasteiger partial charge in [0.1, 0.15) is 17.7 Å². The summed E-state index contributed by atoms with van der Waals surface area (Å²) < 4.78 is 5.35. The van der Waals surface area contributed by atoms with Gasteiger partial charge in [-0.1, -0.05) is 70.6 Å². The van der Waals surface area contributed by atoms with Crippen molar-refractivity contribution >= 4 is 23.8 Å². The molecule has 9 heteroatoms. The molecule has 1 aromatic carbocycles. The summed E-state index contributed by atoms with van der Waals surface area (Å²) in [5.41, 5.74) is 7.42. The number of primary amides is 1. The molecule has 4 N–H and O–H groups in total. The number of rotatable bonds is 17. The largest absolute Gasteiger partial charge is 0.444 e. The number of amides is 4. The summed E-state index contributed by atoms with van der Waals surface area (Å²) in [7, 11) is 0. The molecule has 0 saturated carbocycles. The molecule has 0 bridgehead atoms. The minimum atomic E-state index is -1.27. The zero-order valence-corrected chi connectivity index (χ0v) is 25.7. The first-order valence-electron chi connectivity index (χ1n) is 14.7. The molecule has 4 amide bonds. The molecule has 2 unspecified atom stereocenters. The second-order valence-electron chi connectivity index (χ2n) is 11.6. The predicted octanol–water partition coefficient (Wildman–Crippen LogP) is 5.22. The number of hydrogen-bond donors (Lipinski definition) is 3. The van der Waals surface area contributed by atoms with Crippen LogP contribution in [0.15, 0.2) is 18.2 Å². The molecular formula is C31H52N4O5. The lowest BCUT2D eigenvalue weighted by atomic mass is 9.97. The van der Waals surface area contributed by atoms with Gasteiger partial charge >= 0.3 is 6.09 Å². The molecule has 0 aliphatic heterocycles. The molecule has 0 fully saturated rings. The van der Waals surface area contributed by atoms with Crippen LogP contribution in [0.2, 0.25) is 0 Å². The van der Waals surface area contributed by atoms with Crippen molar-refractivity contribution in [2.75, 3.05) is 13.1 Å². The van der Waals surface area contributed by atoms with Crippen molar-refractivity contribution in [3.8, 4) is 0 Å². The van der Waals surface area contributed by atoms with E-state index in [0.29, 0.717) is 18.5 Å². The second kappa shape index (κ2) is 17.6. The highest BCUT2D eigenvalue weighted by molar-refractivity contribution is 5.94. The van der Waals surface area contributed by atoms with Crippen molar-refractivity contribution in [3.05, 3.63) is 34.9 Å². The maximum absolute atomic E-state index is 14.1. The summed E-state index contributed by atoms with van der Waals surface area (Å²) in [6.45, 7) is 14.0. The third-order valence-corrected chi connectivity index (χ3v) is 6.67. The fraction of sp³-hybridized carbons (Fsp3) is 0.677. The molecule has 0 radical (unpaired) electrons. The van der Waals surface area contributed by atoms with Crippen molar-refractivity contribution in [3.63, 3.8) is 0 Å². The Morgan fingerprint density at radius 2 is 1.55 bits per heavy atom. The summed E-state index contributed by atoms with van der Waals surface area (Å²) >= 11 is 0. The van der Waals surface area contributed by atoms with Crippen LogP contribution in [-0.2, 0) is 19.1 Å². The van der Waals surface area contributed by atoms with Crippen LogP contribution in [0.4, 0.5) is 4.79 Å². The second-order valence-corrected chi connectivity index (χ2v) is 11.6. The number of nitrogens with two attached hydrogens (primary N) is 1. The van der Waals surface area contributed by atoms with E-state index in [9.17, 15) is 19.2 Å². The highest BCUT2D eigenvalue weighted by Crippen LogP contribution is 2.26. The van der Waals surface area contributed by atoms with Crippen molar-refractivity contribution in [1.29, 1.82) is 0 Å². The standard InChI is InChI=1S/C31H52N4O5/c1-8-10-12-13-14-15-19-35(29(38)25(21-26(32)36)34-30(39)40-31(5,6)7)27(28(37)33-18-11-9-2)24-17-16-22(3)23(4)20-24/h16-17,20,25,27H,8-15,18-19,21H2,1-7H3,(H2,32,36)(H,33,37)(H,34,39). The third kappa shape index (κ3) is 12.8.